The van der Waals surface area contributed by atoms with Gasteiger partial charge in [-0.15, -0.1) is 0 Å². The highest BCUT2D eigenvalue weighted by molar-refractivity contribution is 7.98. The molecule has 1 heterocycles. The summed E-state index contributed by atoms with van der Waals surface area (Å²) in [5, 5.41) is 12.0. The molecule has 0 aromatic carbocycles. The van der Waals surface area contributed by atoms with Gasteiger partial charge in [0.25, 0.3) is 0 Å². The number of carbonyl (C=O) groups is 1. The van der Waals surface area contributed by atoms with E-state index in [0.717, 1.165) is 19.4 Å². The van der Waals surface area contributed by atoms with Crippen molar-refractivity contribution in [1.82, 2.24) is 4.98 Å². The summed E-state index contributed by atoms with van der Waals surface area (Å²) in [6.45, 7) is 0.796. The van der Waals surface area contributed by atoms with E-state index in [9.17, 15) is 4.79 Å². The van der Waals surface area contributed by atoms with E-state index >= 15 is 0 Å². The fourth-order valence-electron chi connectivity index (χ4n) is 1.51. The number of nitrogens with zero attached hydrogens (tertiary/aromatic N) is 1. The molecule has 0 saturated carbocycles. The maximum Gasteiger partial charge on any atom is 0.337 e. The van der Waals surface area contributed by atoms with Crippen molar-refractivity contribution in [3.63, 3.8) is 0 Å². The molecule has 6 heteroatoms. The number of hydrogen-bond acceptors (Lipinski definition) is 5. The Morgan fingerprint density at radius 3 is 2.94 bits per heavy atom. The average Bonchev–Trinajstić information content (AvgIpc) is 2.35. The molecule has 100 valence electrons. The van der Waals surface area contributed by atoms with Crippen LogP contribution in [-0.2, 0) is 0 Å². The predicted octanol–water partition coefficient (Wildman–Crippen LogP) is 2.31. The lowest BCUT2D eigenvalue weighted by atomic mass is 10.2. The van der Waals surface area contributed by atoms with Crippen molar-refractivity contribution >= 4 is 29.2 Å². The number of carboxylic acids is 1. The zero-order valence-corrected chi connectivity index (χ0v) is 11.3. The van der Waals surface area contributed by atoms with Crippen LogP contribution >= 0.6 is 11.8 Å². The summed E-state index contributed by atoms with van der Waals surface area (Å²) in [6.07, 6.45) is 6.89. The van der Waals surface area contributed by atoms with Gasteiger partial charge in [0.05, 0.1) is 17.4 Å². The van der Waals surface area contributed by atoms with E-state index in [1.807, 2.05) is 11.8 Å². The summed E-state index contributed by atoms with van der Waals surface area (Å²) in [4.78, 5) is 14.9. The number of aromatic nitrogens is 1. The van der Waals surface area contributed by atoms with Crippen molar-refractivity contribution in [2.24, 2.45) is 0 Å². The molecule has 0 radical (unpaired) electrons. The van der Waals surface area contributed by atoms with Crippen molar-refractivity contribution in [1.29, 1.82) is 0 Å². The van der Waals surface area contributed by atoms with E-state index in [1.54, 1.807) is 0 Å². The van der Waals surface area contributed by atoms with Crippen LogP contribution in [0.3, 0.4) is 0 Å². The summed E-state index contributed by atoms with van der Waals surface area (Å²) >= 11 is 1.85. The number of nitrogens with one attached hydrogen (secondary N) is 1. The minimum absolute atomic E-state index is 0.0925. The van der Waals surface area contributed by atoms with Crippen molar-refractivity contribution in [2.75, 3.05) is 29.6 Å². The van der Waals surface area contributed by atoms with Gasteiger partial charge < -0.3 is 16.2 Å². The summed E-state index contributed by atoms with van der Waals surface area (Å²) in [6, 6.07) is 1.47. The first-order chi connectivity index (χ1) is 8.65. The molecular formula is C12H19N3O2S. The number of rotatable bonds is 8. The molecule has 0 bridgehead atoms. The molecule has 0 atom stereocenters. The quantitative estimate of drug-likeness (QED) is 0.628. The van der Waals surface area contributed by atoms with E-state index in [2.05, 4.69) is 16.6 Å². The first-order valence-corrected chi connectivity index (χ1v) is 7.26. The molecule has 0 saturated heterocycles. The molecule has 5 nitrogen and oxygen atoms in total. The standard InChI is InChI=1S/C12H19N3O2S/c1-18-6-4-2-3-5-14-11-7-9(12(16)17)10(13)8-15-11/h7-8H,2-6,13H2,1H3,(H,14,15)(H,16,17). The molecule has 0 aliphatic carbocycles. The fraction of sp³-hybridized carbons (Fsp3) is 0.500. The summed E-state index contributed by atoms with van der Waals surface area (Å²) < 4.78 is 0. The molecule has 0 unspecified atom stereocenters. The number of pyridine rings is 1. The SMILES string of the molecule is CSCCCCCNc1cc(C(=O)O)c(N)cn1. The minimum atomic E-state index is -1.03. The molecule has 4 N–H and O–H groups in total. The molecular weight excluding hydrogens is 250 g/mol. The zero-order valence-electron chi connectivity index (χ0n) is 10.5. The molecule has 18 heavy (non-hydrogen) atoms. The molecule has 0 fully saturated rings. The highest BCUT2D eigenvalue weighted by atomic mass is 32.2. The van der Waals surface area contributed by atoms with Crippen molar-refractivity contribution in [2.45, 2.75) is 19.3 Å². The minimum Gasteiger partial charge on any atom is -0.478 e. The van der Waals surface area contributed by atoms with Gasteiger partial charge in [0.15, 0.2) is 0 Å². The van der Waals surface area contributed by atoms with Crippen molar-refractivity contribution in [3.05, 3.63) is 17.8 Å². The van der Waals surface area contributed by atoms with Gasteiger partial charge in [-0.1, -0.05) is 6.42 Å². The third-order valence-corrected chi connectivity index (χ3v) is 3.19. The Kier molecular flexibility index (Phi) is 6.35. The van der Waals surface area contributed by atoms with Gasteiger partial charge in [-0.3, -0.25) is 0 Å². The van der Waals surface area contributed by atoms with Crippen LogP contribution in [0.4, 0.5) is 11.5 Å². The molecule has 0 spiro atoms. The van der Waals surface area contributed by atoms with Crippen molar-refractivity contribution < 1.29 is 9.90 Å². The fourth-order valence-corrected chi connectivity index (χ4v) is 2.01. The van der Waals surface area contributed by atoms with E-state index in [-0.39, 0.29) is 11.3 Å². The summed E-state index contributed by atoms with van der Waals surface area (Å²) in [7, 11) is 0. The van der Waals surface area contributed by atoms with E-state index in [0.29, 0.717) is 5.82 Å². The van der Waals surface area contributed by atoms with Crippen LogP contribution in [0.5, 0.6) is 0 Å². The number of thioether (sulfide) groups is 1. The molecule has 0 aliphatic heterocycles. The number of nitrogens with two attached hydrogens (primary N) is 1. The lowest BCUT2D eigenvalue weighted by Gasteiger charge is -2.07. The largest absolute Gasteiger partial charge is 0.478 e. The average molecular weight is 269 g/mol. The van der Waals surface area contributed by atoms with E-state index in [1.165, 1.54) is 24.4 Å². The second-order valence-corrected chi connectivity index (χ2v) is 4.93. The lowest BCUT2D eigenvalue weighted by molar-refractivity contribution is 0.0698. The maximum absolute atomic E-state index is 10.9. The van der Waals surface area contributed by atoms with Gasteiger partial charge in [-0.05, 0) is 30.9 Å². The second kappa shape index (κ2) is 7.81. The number of anilines is 2. The Bertz CT molecular complexity index is 399. The number of nitrogen functional groups attached to an aromatic ring is 1. The van der Waals surface area contributed by atoms with Gasteiger partial charge in [0, 0.05) is 6.54 Å². The van der Waals surface area contributed by atoms with Crippen LogP contribution in [0.15, 0.2) is 12.3 Å². The normalized spacial score (nSPS) is 10.3. The van der Waals surface area contributed by atoms with Gasteiger partial charge in [0.1, 0.15) is 5.82 Å². The topological polar surface area (TPSA) is 88.2 Å². The highest BCUT2D eigenvalue weighted by Gasteiger charge is 2.09. The summed E-state index contributed by atoms with van der Waals surface area (Å²) in [5.74, 6) is 0.716. The second-order valence-electron chi connectivity index (χ2n) is 3.94. The van der Waals surface area contributed by atoms with E-state index in [4.69, 9.17) is 10.8 Å². The molecule has 1 aromatic rings. The van der Waals surface area contributed by atoms with Crippen LogP contribution in [0.1, 0.15) is 29.6 Å². The third kappa shape index (κ3) is 4.83. The smallest absolute Gasteiger partial charge is 0.337 e. The monoisotopic (exact) mass is 269 g/mol. The number of carboxylic acid groups (broad SMARTS) is 1. The van der Waals surface area contributed by atoms with Crippen LogP contribution in [0.2, 0.25) is 0 Å². The van der Waals surface area contributed by atoms with Crippen LogP contribution in [0.25, 0.3) is 0 Å². The van der Waals surface area contributed by atoms with Crippen LogP contribution in [0, 0.1) is 0 Å². The lowest BCUT2D eigenvalue weighted by Crippen LogP contribution is -2.08. The van der Waals surface area contributed by atoms with Gasteiger partial charge in [-0.25, -0.2) is 9.78 Å². The zero-order chi connectivity index (χ0) is 13.4. The van der Waals surface area contributed by atoms with E-state index < -0.39 is 5.97 Å². The van der Waals surface area contributed by atoms with Gasteiger partial charge in [-0.2, -0.15) is 11.8 Å². The maximum atomic E-state index is 10.9. The Hall–Kier alpha value is -1.43. The summed E-state index contributed by atoms with van der Waals surface area (Å²) in [5.41, 5.74) is 5.81. The first kappa shape index (κ1) is 14.6. The Morgan fingerprint density at radius 1 is 1.50 bits per heavy atom. The molecule has 0 aliphatic rings. The Morgan fingerprint density at radius 2 is 2.28 bits per heavy atom. The Labute approximate surface area is 111 Å². The number of aromatic carboxylic acids is 1. The third-order valence-electron chi connectivity index (χ3n) is 2.50. The molecule has 1 aromatic heterocycles. The highest BCUT2D eigenvalue weighted by Crippen LogP contribution is 2.14. The van der Waals surface area contributed by atoms with Crippen LogP contribution in [-0.4, -0.2) is 34.6 Å². The number of hydrogen-bond donors (Lipinski definition) is 3. The predicted molar refractivity (Wildman–Crippen MR) is 76.3 cm³/mol. The number of unbranched alkanes of at least 4 members (excludes halogenated alkanes) is 2. The van der Waals surface area contributed by atoms with Gasteiger partial charge in [0.2, 0.25) is 0 Å². The van der Waals surface area contributed by atoms with Crippen molar-refractivity contribution in [3.8, 4) is 0 Å². The Balaban J connectivity index is 2.38. The van der Waals surface area contributed by atoms with Gasteiger partial charge >= 0.3 is 5.97 Å². The van der Waals surface area contributed by atoms with Crippen LogP contribution < -0.4 is 11.1 Å². The molecule has 1 rings (SSSR count). The first-order valence-electron chi connectivity index (χ1n) is 5.86. The molecule has 0 amide bonds.